The number of hydrogen-bond acceptors (Lipinski definition) is 10. The Kier molecular flexibility index (Phi) is 15.3. The number of rotatable bonds is 7. The van der Waals surface area contributed by atoms with E-state index in [9.17, 15) is 29.1 Å². The Morgan fingerprint density at radius 1 is 0.920 bits per heavy atom. The van der Waals surface area contributed by atoms with Crippen LogP contribution in [0.4, 0.5) is 0 Å². The van der Waals surface area contributed by atoms with Crippen LogP contribution in [0, 0.1) is 5.92 Å². The minimum Gasteiger partial charge on any atom is -0.496 e. The fraction of sp³-hybridized carbons (Fsp3) is 0.514. The summed E-state index contributed by atoms with van der Waals surface area (Å²) in [4.78, 5) is 67.5. The molecule has 2 bridgehead atoms. The van der Waals surface area contributed by atoms with Gasteiger partial charge in [0.25, 0.3) is 5.91 Å². The van der Waals surface area contributed by atoms with Crippen molar-refractivity contribution in [2.75, 3.05) is 47.6 Å². The molecule has 1 aliphatic heterocycles. The predicted octanol–water partition coefficient (Wildman–Crippen LogP) is 1.51. The van der Waals surface area contributed by atoms with E-state index in [1.54, 1.807) is 50.2 Å². The molecule has 0 aromatic heterocycles. The summed E-state index contributed by atoms with van der Waals surface area (Å²) >= 11 is 0. The Morgan fingerprint density at radius 3 is 2.32 bits per heavy atom. The first kappa shape index (κ1) is 39.5. The van der Waals surface area contributed by atoms with Crippen LogP contribution in [-0.4, -0.2) is 105 Å². The van der Waals surface area contributed by atoms with Crippen LogP contribution in [0.15, 0.2) is 36.4 Å². The van der Waals surface area contributed by atoms with Crippen LogP contribution in [0.25, 0.3) is 0 Å². The van der Waals surface area contributed by atoms with Gasteiger partial charge in [-0.3, -0.25) is 24.0 Å². The molecular formula is C35H49N5O10. The standard InChI is InChI=1S/C35H49N5O10/c1-21(2)31-34(45)37-19-24-25(48-5)10-9-11-26(24)50-28-18-23(12-13-27(28)49-6)33(44)36-15-7-8-16-40(30(43)14-17-47-4)20-29(42)38-32(22(3)41)35(46)39-31/h9-13,18,21-22,31-32,41H,7-8,14-17,19-20H2,1-6H3,(H,36,44)(H,37,45)(H,38,42)(H,39,46)/t22-,31-,32+/m1/s1. The quantitative estimate of drug-likeness (QED) is 0.283. The van der Waals surface area contributed by atoms with Crippen LogP contribution in [0.2, 0.25) is 0 Å². The lowest BCUT2D eigenvalue weighted by Gasteiger charge is -2.28. The molecule has 0 fully saturated rings. The van der Waals surface area contributed by atoms with Crippen molar-refractivity contribution < 1.29 is 48.0 Å². The summed E-state index contributed by atoms with van der Waals surface area (Å²) < 4.78 is 22.3. The van der Waals surface area contributed by atoms with Gasteiger partial charge in [0.2, 0.25) is 23.6 Å². The zero-order chi connectivity index (χ0) is 36.8. The van der Waals surface area contributed by atoms with Crippen LogP contribution in [0.1, 0.15) is 56.0 Å². The predicted molar refractivity (Wildman–Crippen MR) is 183 cm³/mol. The summed E-state index contributed by atoms with van der Waals surface area (Å²) in [6.07, 6.45) is -0.352. The highest BCUT2D eigenvalue weighted by atomic mass is 16.5. The number of nitrogens with one attached hydrogen (secondary N) is 4. The van der Waals surface area contributed by atoms with E-state index in [-0.39, 0.29) is 62.7 Å². The SMILES string of the molecule is COCCC(=O)N1CCCCNC(=O)c2ccc(OC)c(c2)Oc2cccc(OC)c2CNC(=O)[C@@H](C(C)C)NC(=O)[C@H]([C@@H](C)O)NC(=O)C1. The van der Waals surface area contributed by atoms with E-state index >= 15 is 0 Å². The molecule has 15 nitrogen and oxygen atoms in total. The van der Waals surface area contributed by atoms with Crippen LogP contribution < -0.4 is 35.5 Å². The number of ether oxygens (including phenoxy) is 4. The smallest absolute Gasteiger partial charge is 0.251 e. The van der Waals surface area contributed by atoms with Crippen molar-refractivity contribution in [2.45, 2.75) is 64.8 Å². The number of amides is 5. The van der Waals surface area contributed by atoms with E-state index in [1.807, 2.05) is 0 Å². The molecule has 0 unspecified atom stereocenters. The van der Waals surface area contributed by atoms with Crippen LogP contribution >= 0.6 is 0 Å². The summed E-state index contributed by atoms with van der Waals surface area (Å²) in [5, 5.41) is 21.3. The van der Waals surface area contributed by atoms with Gasteiger partial charge in [0.05, 0.1) is 52.0 Å². The molecule has 50 heavy (non-hydrogen) atoms. The average molecular weight is 700 g/mol. The molecule has 3 atom stereocenters. The Balaban J connectivity index is 1.99. The molecule has 1 heterocycles. The van der Waals surface area contributed by atoms with Gasteiger partial charge in [-0.25, -0.2) is 0 Å². The van der Waals surface area contributed by atoms with Gasteiger partial charge in [-0.05, 0) is 56.0 Å². The van der Waals surface area contributed by atoms with Crippen LogP contribution in [0.3, 0.4) is 0 Å². The molecule has 0 aliphatic carbocycles. The molecule has 274 valence electrons. The van der Waals surface area contributed by atoms with Crippen molar-refractivity contribution in [1.82, 2.24) is 26.2 Å². The van der Waals surface area contributed by atoms with E-state index in [0.29, 0.717) is 41.2 Å². The number of fused-ring (bicyclic) bond motifs is 3. The van der Waals surface area contributed by atoms with E-state index in [0.717, 1.165) is 0 Å². The van der Waals surface area contributed by atoms with Gasteiger partial charge >= 0.3 is 0 Å². The number of hydrogen-bond donors (Lipinski definition) is 5. The van der Waals surface area contributed by atoms with Crippen molar-refractivity contribution in [2.24, 2.45) is 5.92 Å². The first-order chi connectivity index (χ1) is 23.9. The first-order valence-corrected chi connectivity index (χ1v) is 16.5. The second kappa shape index (κ2) is 19.3. The normalized spacial score (nSPS) is 19.2. The average Bonchev–Trinajstić information content (AvgIpc) is 3.09. The molecule has 3 rings (SSSR count). The second-order valence-electron chi connectivity index (χ2n) is 12.2. The molecule has 0 radical (unpaired) electrons. The van der Waals surface area contributed by atoms with Crippen molar-refractivity contribution in [3.8, 4) is 23.0 Å². The Labute approximate surface area is 292 Å². The molecule has 15 heteroatoms. The molecule has 2 aromatic carbocycles. The summed E-state index contributed by atoms with van der Waals surface area (Å²) in [7, 11) is 4.41. The minimum absolute atomic E-state index is 0.0314. The minimum atomic E-state index is -1.41. The zero-order valence-electron chi connectivity index (χ0n) is 29.5. The van der Waals surface area contributed by atoms with Gasteiger partial charge in [0, 0.05) is 25.8 Å². The molecule has 0 spiro atoms. The van der Waals surface area contributed by atoms with Gasteiger partial charge in [-0.2, -0.15) is 0 Å². The third-order valence-electron chi connectivity index (χ3n) is 8.07. The number of aliphatic hydroxyl groups excluding tert-OH is 1. The van der Waals surface area contributed by atoms with Crippen molar-refractivity contribution in [3.05, 3.63) is 47.5 Å². The van der Waals surface area contributed by atoms with E-state index in [4.69, 9.17) is 18.9 Å². The topological polar surface area (TPSA) is 194 Å². The summed E-state index contributed by atoms with van der Waals surface area (Å²) in [6, 6.07) is 7.38. The highest BCUT2D eigenvalue weighted by Gasteiger charge is 2.32. The maximum Gasteiger partial charge on any atom is 0.251 e. The zero-order valence-corrected chi connectivity index (χ0v) is 29.5. The van der Waals surface area contributed by atoms with Crippen LogP contribution in [-0.2, 0) is 30.5 Å². The Morgan fingerprint density at radius 2 is 1.66 bits per heavy atom. The number of carbonyl (C=O) groups excluding carboxylic acids is 5. The fourth-order valence-electron chi connectivity index (χ4n) is 5.25. The van der Waals surface area contributed by atoms with Gasteiger partial charge < -0.3 is 50.2 Å². The van der Waals surface area contributed by atoms with Gasteiger partial charge in [-0.15, -0.1) is 0 Å². The molecular weight excluding hydrogens is 650 g/mol. The van der Waals surface area contributed by atoms with E-state index in [1.165, 1.54) is 33.2 Å². The third kappa shape index (κ3) is 11.1. The van der Waals surface area contributed by atoms with Crippen molar-refractivity contribution >= 4 is 29.5 Å². The number of methoxy groups -OCH3 is 3. The summed E-state index contributed by atoms with van der Waals surface area (Å²) in [6.45, 7) is 5.00. The molecule has 2 aromatic rings. The molecule has 5 N–H and O–H groups in total. The number of carbonyl (C=O) groups is 5. The molecule has 0 saturated heterocycles. The van der Waals surface area contributed by atoms with Crippen molar-refractivity contribution in [1.29, 1.82) is 0 Å². The molecule has 0 saturated carbocycles. The monoisotopic (exact) mass is 699 g/mol. The highest BCUT2D eigenvalue weighted by Crippen LogP contribution is 2.37. The van der Waals surface area contributed by atoms with Gasteiger partial charge in [0.1, 0.15) is 23.6 Å². The van der Waals surface area contributed by atoms with E-state index < -0.39 is 35.9 Å². The lowest BCUT2D eigenvalue weighted by molar-refractivity contribution is -0.139. The maximum absolute atomic E-state index is 13.5. The Hall–Kier alpha value is -4.89. The van der Waals surface area contributed by atoms with Gasteiger partial charge in [-0.1, -0.05) is 19.9 Å². The number of aliphatic hydroxyl groups is 1. The lowest BCUT2D eigenvalue weighted by atomic mass is 10.0. The first-order valence-electron chi connectivity index (χ1n) is 16.5. The second-order valence-corrected chi connectivity index (χ2v) is 12.2. The number of nitrogens with zero attached hydrogens (tertiary/aromatic N) is 1. The number of benzene rings is 2. The van der Waals surface area contributed by atoms with E-state index in [2.05, 4.69) is 21.3 Å². The summed E-state index contributed by atoms with van der Waals surface area (Å²) in [5.74, 6) is -1.72. The third-order valence-corrected chi connectivity index (χ3v) is 8.07. The van der Waals surface area contributed by atoms with Crippen LogP contribution in [0.5, 0.6) is 23.0 Å². The highest BCUT2D eigenvalue weighted by molar-refractivity contribution is 5.95. The lowest BCUT2D eigenvalue weighted by Crippen LogP contribution is -2.59. The maximum atomic E-state index is 13.5. The Bertz CT molecular complexity index is 1500. The van der Waals surface area contributed by atoms with Gasteiger partial charge in [0.15, 0.2) is 11.5 Å². The fourth-order valence-corrected chi connectivity index (χ4v) is 5.25. The largest absolute Gasteiger partial charge is 0.496 e. The molecule has 5 amide bonds. The van der Waals surface area contributed by atoms with Crippen molar-refractivity contribution in [3.63, 3.8) is 0 Å². The summed E-state index contributed by atoms with van der Waals surface area (Å²) in [5.41, 5.74) is 0.791. The molecule has 1 aliphatic rings.